The van der Waals surface area contributed by atoms with Crippen LogP contribution in [-0.4, -0.2) is 13.1 Å². The molecule has 1 aromatic rings. The van der Waals surface area contributed by atoms with E-state index >= 15 is 0 Å². The summed E-state index contributed by atoms with van der Waals surface area (Å²) >= 11 is 0. The number of aliphatic hydroxyl groups is 1. The third-order valence-electron chi connectivity index (χ3n) is 1.37. The number of hydrogen-bond acceptors (Lipinski definition) is 1. The maximum absolute atomic E-state index is 8.71. The molecule has 0 aromatic carbocycles. The molecule has 0 bridgehead atoms. The summed E-state index contributed by atoms with van der Waals surface area (Å²) in [5.41, 5.74) is 1.80. The molecule has 0 amide bonds. The lowest BCUT2D eigenvalue weighted by Gasteiger charge is -1.95. The fourth-order valence-electron chi connectivity index (χ4n) is 0.793. The minimum atomic E-state index is -0.0171. The summed E-state index contributed by atoms with van der Waals surface area (Å²) < 4.78 is 1.43. The number of hydrogen-bond donors (Lipinski definition) is 1. The van der Waals surface area contributed by atoms with Gasteiger partial charge in [0.2, 0.25) is 0 Å². The van der Waals surface area contributed by atoms with Crippen LogP contribution in [0.25, 0.3) is 0 Å². The summed E-state index contributed by atoms with van der Waals surface area (Å²) in [7, 11) is 5.49. The monoisotopic (exact) mass is 134 g/mol. The standard InChI is InChI=1S/C7H9BNO/c1-6-2-3-7(5-10)9(8)4-6/h2-4,10H,5H2,1H3/q+1. The smallest absolute Gasteiger partial charge is 0.385 e. The normalized spacial score (nSPS) is 9.80. The third-order valence-corrected chi connectivity index (χ3v) is 1.37. The van der Waals surface area contributed by atoms with Gasteiger partial charge in [0.05, 0.1) is 0 Å². The van der Waals surface area contributed by atoms with Crippen LogP contribution in [0.4, 0.5) is 0 Å². The predicted octanol–water partition coefficient (Wildman–Crippen LogP) is -0.294. The minimum Gasteiger partial charge on any atom is -0.385 e. The van der Waals surface area contributed by atoms with Crippen molar-refractivity contribution in [3.05, 3.63) is 29.6 Å². The minimum absolute atomic E-state index is 0.0171. The Kier molecular flexibility index (Phi) is 2.07. The summed E-state index contributed by atoms with van der Waals surface area (Å²) in [6, 6.07) is 3.71. The Hall–Kier alpha value is -0.825. The number of rotatable bonds is 1. The summed E-state index contributed by atoms with van der Waals surface area (Å²) in [5.74, 6) is 0. The number of pyridine rings is 1. The molecule has 0 saturated carbocycles. The van der Waals surface area contributed by atoms with Crippen LogP contribution in [0.1, 0.15) is 11.3 Å². The van der Waals surface area contributed by atoms with E-state index in [0.29, 0.717) is 5.69 Å². The second-order valence-corrected chi connectivity index (χ2v) is 2.26. The number of nitrogens with zero attached hydrogens (tertiary/aromatic N) is 1. The highest BCUT2D eigenvalue weighted by Gasteiger charge is 2.02. The van der Waals surface area contributed by atoms with Gasteiger partial charge in [-0.15, -0.1) is 0 Å². The average molecular weight is 134 g/mol. The van der Waals surface area contributed by atoms with Crippen molar-refractivity contribution in [3.63, 3.8) is 0 Å². The Bertz CT molecular complexity index is 237. The zero-order valence-corrected chi connectivity index (χ0v) is 5.91. The van der Waals surface area contributed by atoms with Crippen LogP contribution in [0.3, 0.4) is 0 Å². The van der Waals surface area contributed by atoms with Gasteiger partial charge in [0.1, 0.15) is 12.8 Å². The summed E-state index contributed by atoms with van der Waals surface area (Å²) in [4.78, 5) is 0. The quantitative estimate of drug-likeness (QED) is 0.524. The van der Waals surface area contributed by atoms with Crippen LogP contribution in [0.5, 0.6) is 0 Å². The molecule has 2 nitrogen and oxygen atoms in total. The molecule has 0 atom stereocenters. The lowest BCUT2D eigenvalue weighted by molar-refractivity contribution is -0.534. The third kappa shape index (κ3) is 1.36. The van der Waals surface area contributed by atoms with E-state index in [4.69, 9.17) is 13.1 Å². The first kappa shape index (κ1) is 7.28. The van der Waals surface area contributed by atoms with E-state index in [1.807, 2.05) is 13.0 Å². The summed E-state index contributed by atoms with van der Waals surface area (Å²) in [6.07, 6.45) is 1.77. The van der Waals surface area contributed by atoms with Crippen molar-refractivity contribution in [2.75, 3.05) is 0 Å². The Morgan fingerprint density at radius 3 is 2.80 bits per heavy atom. The van der Waals surface area contributed by atoms with E-state index < -0.39 is 0 Å². The van der Waals surface area contributed by atoms with E-state index in [1.165, 1.54) is 4.48 Å². The summed E-state index contributed by atoms with van der Waals surface area (Å²) in [5, 5.41) is 8.71. The molecule has 0 fully saturated rings. The maximum Gasteiger partial charge on any atom is 0.586 e. The van der Waals surface area contributed by atoms with Crippen molar-refractivity contribution in [2.45, 2.75) is 13.5 Å². The SMILES string of the molecule is [B][n+]1cc(C)ccc1CO. The highest BCUT2D eigenvalue weighted by molar-refractivity contribution is 5.94. The molecule has 2 radical (unpaired) electrons. The van der Waals surface area contributed by atoms with E-state index in [2.05, 4.69) is 0 Å². The largest absolute Gasteiger partial charge is 0.586 e. The predicted molar refractivity (Wildman–Crippen MR) is 38.4 cm³/mol. The van der Waals surface area contributed by atoms with Gasteiger partial charge in [-0.25, -0.2) is 0 Å². The fraction of sp³-hybridized carbons (Fsp3) is 0.286. The lowest BCUT2D eigenvalue weighted by atomic mass is 10.2. The molecule has 0 spiro atoms. The van der Waals surface area contributed by atoms with Gasteiger partial charge in [-0.1, -0.05) is 0 Å². The van der Waals surface area contributed by atoms with Crippen molar-refractivity contribution in [2.24, 2.45) is 0 Å². The van der Waals surface area contributed by atoms with Crippen molar-refractivity contribution >= 4 is 7.98 Å². The first-order chi connectivity index (χ1) is 4.74. The zero-order valence-electron chi connectivity index (χ0n) is 5.91. The molecule has 10 heavy (non-hydrogen) atoms. The molecular formula is C7H9BNO+. The summed E-state index contributed by atoms with van der Waals surface area (Å²) in [6.45, 7) is 1.93. The molecule has 3 heteroatoms. The van der Waals surface area contributed by atoms with Gasteiger partial charge < -0.3 is 5.11 Å². The van der Waals surface area contributed by atoms with Crippen molar-refractivity contribution < 1.29 is 9.58 Å². The molecule has 1 aromatic heterocycles. The van der Waals surface area contributed by atoms with Gasteiger partial charge in [-0.05, 0) is 13.0 Å². The average Bonchev–Trinajstić information content (AvgIpc) is 1.88. The number of aliphatic hydroxyl groups excluding tert-OH is 1. The molecule has 1 rings (SSSR count). The second-order valence-electron chi connectivity index (χ2n) is 2.26. The molecule has 0 aliphatic rings. The Morgan fingerprint density at radius 2 is 2.30 bits per heavy atom. The van der Waals surface area contributed by atoms with E-state index in [-0.39, 0.29) is 6.61 Å². The highest BCUT2D eigenvalue weighted by atomic mass is 16.3. The van der Waals surface area contributed by atoms with Gasteiger partial charge in [0.25, 0.3) is 0 Å². The second kappa shape index (κ2) is 2.84. The van der Waals surface area contributed by atoms with Gasteiger partial charge in [0.15, 0.2) is 5.69 Å². The first-order valence-corrected chi connectivity index (χ1v) is 3.11. The molecule has 50 valence electrons. The van der Waals surface area contributed by atoms with E-state index in [0.717, 1.165) is 5.56 Å². The van der Waals surface area contributed by atoms with E-state index in [1.54, 1.807) is 12.3 Å². The molecule has 0 aliphatic heterocycles. The zero-order chi connectivity index (χ0) is 7.56. The Balaban J connectivity index is 3.07. The van der Waals surface area contributed by atoms with Gasteiger partial charge in [-0.3, -0.25) is 4.48 Å². The topological polar surface area (TPSA) is 24.1 Å². The van der Waals surface area contributed by atoms with Crippen LogP contribution in [0, 0.1) is 6.92 Å². The molecule has 1 heterocycles. The van der Waals surface area contributed by atoms with Crippen LogP contribution in [-0.2, 0) is 6.61 Å². The molecule has 1 N–H and O–H groups in total. The van der Waals surface area contributed by atoms with Crippen molar-refractivity contribution in [1.29, 1.82) is 0 Å². The van der Waals surface area contributed by atoms with Gasteiger partial charge in [-0.2, -0.15) is 0 Å². The molecule has 0 saturated heterocycles. The van der Waals surface area contributed by atoms with Crippen LogP contribution >= 0.6 is 0 Å². The van der Waals surface area contributed by atoms with Gasteiger partial charge in [0, 0.05) is 11.6 Å². The van der Waals surface area contributed by atoms with Crippen molar-refractivity contribution in [3.8, 4) is 0 Å². The fourth-order valence-corrected chi connectivity index (χ4v) is 0.793. The number of aromatic nitrogens is 1. The first-order valence-electron chi connectivity index (χ1n) is 3.11. The highest BCUT2D eigenvalue weighted by Crippen LogP contribution is 1.94. The van der Waals surface area contributed by atoms with Crippen molar-refractivity contribution in [1.82, 2.24) is 0 Å². The van der Waals surface area contributed by atoms with Gasteiger partial charge >= 0.3 is 7.98 Å². The van der Waals surface area contributed by atoms with E-state index in [9.17, 15) is 0 Å². The van der Waals surface area contributed by atoms with Crippen LogP contribution < -0.4 is 4.48 Å². The molecule has 0 aliphatic carbocycles. The molecule has 0 unspecified atom stereocenters. The Morgan fingerprint density at radius 1 is 1.60 bits per heavy atom. The van der Waals surface area contributed by atoms with Crippen LogP contribution in [0.2, 0.25) is 0 Å². The van der Waals surface area contributed by atoms with Crippen LogP contribution in [0.15, 0.2) is 18.3 Å². The number of aryl methyl sites for hydroxylation is 1. The lowest BCUT2D eigenvalue weighted by Crippen LogP contribution is -2.36. The Labute approximate surface area is 61.6 Å². The maximum atomic E-state index is 8.71. The molecular weight excluding hydrogens is 125 g/mol.